The molecule has 0 radical (unpaired) electrons. The van der Waals surface area contributed by atoms with E-state index >= 15 is 0 Å². The Morgan fingerprint density at radius 3 is 2.61 bits per heavy atom. The molecule has 0 atom stereocenters. The fraction of sp³-hybridized carbons (Fsp3) is 0.417. The van der Waals surface area contributed by atoms with E-state index in [1.807, 2.05) is 6.07 Å². The third-order valence-electron chi connectivity index (χ3n) is 2.32. The molecule has 2 nitrogen and oxygen atoms in total. The second-order valence-corrected chi connectivity index (χ2v) is 4.14. The predicted molar refractivity (Wildman–Crippen MR) is 64.4 cm³/mol. The van der Waals surface area contributed by atoms with Crippen molar-refractivity contribution in [3.05, 3.63) is 28.8 Å². The van der Waals surface area contributed by atoms with Crippen molar-refractivity contribution in [3.63, 3.8) is 0 Å². The Morgan fingerprint density at radius 1 is 1.28 bits per heavy atom. The molecule has 1 aromatic carbocycles. The van der Waals surface area contributed by atoms with Crippen molar-refractivity contribution in [3.8, 4) is 6.07 Å². The Kier molecular flexibility index (Phi) is 5.29. The van der Waals surface area contributed by atoms with E-state index in [9.17, 15) is 13.2 Å². The first-order valence-electron chi connectivity index (χ1n) is 5.42. The fourth-order valence-electron chi connectivity index (χ4n) is 1.41. The molecule has 1 N–H and O–H groups in total. The first-order chi connectivity index (χ1) is 8.45. The van der Waals surface area contributed by atoms with Gasteiger partial charge in [0.25, 0.3) is 0 Å². The molecule has 0 aromatic heterocycles. The minimum absolute atomic E-state index is 0.308. The summed E-state index contributed by atoms with van der Waals surface area (Å²) < 4.78 is 37.7. The number of unbranched alkanes of at least 4 members (excludes halogenated alkanes) is 2. The molecule has 0 aliphatic carbocycles. The molecule has 0 spiro atoms. The highest BCUT2D eigenvalue weighted by molar-refractivity contribution is 6.31. The van der Waals surface area contributed by atoms with E-state index in [1.165, 1.54) is 12.1 Å². The third-order valence-corrected chi connectivity index (χ3v) is 2.65. The van der Waals surface area contributed by atoms with Crippen LogP contribution in [-0.4, -0.2) is 6.54 Å². The molecule has 98 valence electrons. The second-order valence-electron chi connectivity index (χ2n) is 3.73. The van der Waals surface area contributed by atoms with Crippen molar-refractivity contribution < 1.29 is 13.2 Å². The van der Waals surface area contributed by atoms with Gasteiger partial charge in [-0.25, -0.2) is 0 Å². The van der Waals surface area contributed by atoms with Gasteiger partial charge in [-0.3, -0.25) is 0 Å². The van der Waals surface area contributed by atoms with Crippen LogP contribution in [0.2, 0.25) is 5.02 Å². The van der Waals surface area contributed by atoms with Crippen molar-refractivity contribution in [2.24, 2.45) is 0 Å². The van der Waals surface area contributed by atoms with Crippen molar-refractivity contribution in [2.75, 3.05) is 11.9 Å². The number of rotatable bonds is 5. The molecule has 0 fully saturated rings. The molecule has 1 rings (SSSR count). The summed E-state index contributed by atoms with van der Waals surface area (Å²) in [5.41, 5.74) is -0.463. The van der Waals surface area contributed by atoms with Crippen LogP contribution < -0.4 is 5.32 Å². The number of nitrogens with zero attached hydrogens (tertiary/aromatic N) is 1. The quantitative estimate of drug-likeness (QED) is 0.806. The molecule has 0 unspecified atom stereocenters. The third kappa shape index (κ3) is 4.46. The van der Waals surface area contributed by atoms with Gasteiger partial charge in [-0.2, -0.15) is 18.4 Å². The summed E-state index contributed by atoms with van der Waals surface area (Å²) in [6.45, 7) is 0.528. The molecule has 0 aliphatic heterocycles. The maximum Gasteiger partial charge on any atom is 0.417 e. The molecule has 1 aromatic rings. The summed E-state index contributed by atoms with van der Waals surface area (Å²) in [6.07, 6.45) is -2.54. The zero-order valence-corrected chi connectivity index (χ0v) is 10.3. The summed E-state index contributed by atoms with van der Waals surface area (Å²) in [4.78, 5) is 0. The minimum atomic E-state index is -4.45. The number of hydrogen-bond acceptors (Lipinski definition) is 2. The van der Waals surface area contributed by atoms with Gasteiger partial charge in [-0.1, -0.05) is 11.6 Å². The highest BCUT2D eigenvalue weighted by atomic mass is 35.5. The number of alkyl halides is 3. The van der Waals surface area contributed by atoms with E-state index in [0.29, 0.717) is 18.7 Å². The molecule has 6 heteroatoms. The van der Waals surface area contributed by atoms with Gasteiger partial charge in [0, 0.05) is 18.7 Å². The standard InChI is InChI=1S/C12H12ClF3N2/c13-11-5-4-9(8-10(11)12(14,15)16)18-7-3-1-2-6-17/h4-5,8,18H,1-3,7H2. The maximum atomic E-state index is 12.6. The van der Waals surface area contributed by atoms with Crippen LogP contribution in [0.3, 0.4) is 0 Å². The Bertz CT molecular complexity index is 438. The van der Waals surface area contributed by atoms with Crippen molar-refractivity contribution in [2.45, 2.75) is 25.4 Å². The van der Waals surface area contributed by atoms with Crippen LogP contribution >= 0.6 is 11.6 Å². The van der Waals surface area contributed by atoms with Crippen LogP contribution in [0.4, 0.5) is 18.9 Å². The Labute approximate surface area is 108 Å². The second kappa shape index (κ2) is 6.50. The average Bonchev–Trinajstić information content (AvgIpc) is 2.29. The van der Waals surface area contributed by atoms with Gasteiger partial charge in [0.05, 0.1) is 16.7 Å². The first-order valence-corrected chi connectivity index (χ1v) is 5.80. The maximum absolute atomic E-state index is 12.6. The van der Waals surface area contributed by atoms with E-state index in [0.717, 1.165) is 18.9 Å². The molecular formula is C12H12ClF3N2. The summed E-state index contributed by atoms with van der Waals surface area (Å²) >= 11 is 5.50. The van der Waals surface area contributed by atoms with Crippen molar-refractivity contribution in [1.82, 2.24) is 0 Å². The lowest BCUT2D eigenvalue weighted by atomic mass is 10.2. The predicted octanol–water partition coefficient (Wildman–Crippen LogP) is 4.46. The Balaban J connectivity index is 2.60. The lowest BCUT2D eigenvalue weighted by Crippen LogP contribution is -2.08. The number of benzene rings is 1. The monoisotopic (exact) mass is 276 g/mol. The molecule has 0 heterocycles. The topological polar surface area (TPSA) is 35.8 Å². The van der Waals surface area contributed by atoms with Crippen molar-refractivity contribution >= 4 is 17.3 Å². The lowest BCUT2D eigenvalue weighted by molar-refractivity contribution is -0.137. The van der Waals surface area contributed by atoms with Crippen LogP contribution in [0, 0.1) is 11.3 Å². The molecule has 0 amide bonds. The summed E-state index contributed by atoms with van der Waals surface area (Å²) in [5, 5.41) is 10.9. The average molecular weight is 277 g/mol. The van der Waals surface area contributed by atoms with Crippen LogP contribution in [0.25, 0.3) is 0 Å². The van der Waals surface area contributed by atoms with E-state index in [2.05, 4.69) is 5.32 Å². The number of nitriles is 1. The van der Waals surface area contributed by atoms with Crippen LogP contribution in [0.5, 0.6) is 0 Å². The highest BCUT2D eigenvalue weighted by Crippen LogP contribution is 2.36. The SMILES string of the molecule is N#CCCCCNc1ccc(Cl)c(C(F)(F)F)c1. The van der Waals surface area contributed by atoms with Gasteiger partial charge in [0.2, 0.25) is 0 Å². The normalized spacial score (nSPS) is 11.1. The Morgan fingerprint density at radius 2 is 2.00 bits per heavy atom. The Hall–Kier alpha value is -1.41. The number of nitrogens with one attached hydrogen (secondary N) is 1. The van der Waals surface area contributed by atoms with Gasteiger partial charge in [-0.15, -0.1) is 0 Å². The summed E-state index contributed by atoms with van der Waals surface area (Å²) in [5.74, 6) is 0. The van der Waals surface area contributed by atoms with Gasteiger partial charge in [0.15, 0.2) is 0 Å². The number of halogens is 4. The summed E-state index contributed by atoms with van der Waals surface area (Å²) in [7, 11) is 0. The fourth-order valence-corrected chi connectivity index (χ4v) is 1.64. The van der Waals surface area contributed by atoms with E-state index in [4.69, 9.17) is 16.9 Å². The molecule has 0 aliphatic rings. The van der Waals surface area contributed by atoms with E-state index in [1.54, 1.807) is 0 Å². The molecular weight excluding hydrogens is 265 g/mol. The highest BCUT2D eigenvalue weighted by Gasteiger charge is 2.33. The number of hydrogen-bond donors (Lipinski definition) is 1. The van der Waals surface area contributed by atoms with Crippen LogP contribution in [0.1, 0.15) is 24.8 Å². The van der Waals surface area contributed by atoms with Gasteiger partial charge < -0.3 is 5.32 Å². The molecule has 0 saturated carbocycles. The smallest absolute Gasteiger partial charge is 0.385 e. The largest absolute Gasteiger partial charge is 0.417 e. The van der Waals surface area contributed by atoms with Gasteiger partial charge in [-0.05, 0) is 31.0 Å². The molecule has 18 heavy (non-hydrogen) atoms. The zero-order chi connectivity index (χ0) is 13.6. The molecule has 0 bridgehead atoms. The van der Waals surface area contributed by atoms with E-state index in [-0.39, 0.29) is 5.02 Å². The van der Waals surface area contributed by atoms with Crippen molar-refractivity contribution in [1.29, 1.82) is 5.26 Å². The molecule has 0 saturated heterocycles. The van der Waals surface area contributed by atoms with E-state index < -0.39 is 11.7 Å². The van der Waals surface area contributed by atoms with Crippen LogP contribution in [0.15, 0.2) is 18.2 Å². The van der Waals surface area contributed by atoms with Crippen LogP contribution in [-0.2, 0) is 6.18 Å². The number of anilines is 1. The minimum Gasteiger partial charge on any atom is -0.385 e. The lowest BCUT2D eigenvalue weighted by Gasteiger charge is -2.12. The van der Waals surface area contributed by atoms with Gasteiger partial charge >= 0.3 is 6.18 Å². The van der Waals surface area contributed by atoms with Gasteiger partial charge in [0.1, 0.15) is 0 Å². The first kappa shape index (κ1) is 14.7. The zero-order valence-electron chi connectivity index (χ0n) is 9.52. The summed E-state index contributed by atoms with van der Waals surface area (Å²) in [6, 6.07) is 5.73.